The second-order valence-corrected chi connectivity index (χ2v) is 5.14. The quantitative estimate of drug-likeness (QED) is 0.506. The van der Waals surface area contributed by atoms with Gasteiger partial charge >= 0.3 is 0 Å². The maximum atomic E-state index is 13.9. The van der Waals surface area contributed by atoms with Crippen molar-refractivity contribution >= 4 is 29.6 Å². The second kappa shape index (κ2) is 7.67. The topological polar surface area (TPSA) is 82.0 Å². The second-order valence-electron chi connectivity index (χ2n) is 4.73. The molecule has 0 aliphatic heterocycles. The summed E-state index contributed by atoms with van der Waals surface area (Å²) in [6, 6.07) is 10.1. The third kappa shape index (κ3) is 3.95. The third-order valence-electron chi connectivity index (χ3n) is 3.13. The number of hydrogen-bond acceptors (Lipinski definition) is 4. The molecule has 0 spiro atoms. The van der Waals surface area contributed by atoms with Crippen LogP contribution in [0.4, 0.5) is 4.39 Å². The molecule has 24 heavy (non-hydrogen) atoms. The van der Waals surface area contributed by atoms with Gasteiger partial charge in [-0.15, -0.1) is 0 Å². The predicted octanol–water partition coefficient (Wildman–Crippen LogP) is 2.70. The van der Waals surface area contributed by atoms with E-state index in [1.165, 1.54) is 24.7 Å². The lowest BCUT2D eigenvalue weighted by molar-refractivity contribution is 0.0705. The number of amides is 2. The first-order valence-corrected chi connectivity index (χ1v) is 7.12. The van der Waals surface area contributed by atoms with E-state index >= 15 is 0 Å². The summed E-state index contributed by atoms with van der Waals surface area (Å²) >= 11 is 5.95. The van der Waals surface area contributed by atoms with Crippen molar-refractivity contribution in [3.63, 3.8) is 0 Å². The van der Waals surface area contributed by atoms with Crippen molar-refractivity contribution in [2.45, 2.75) is 0 Å². The first-order chi connectivity index (χ1) is 11.4. The first-order valence-electron chi connectivity index (χ1n) is 6.74. The number of hydroxylamine groups is 1. The highest BCUT2D eigenvalue weighted by Crippen LogP contribution is 2.17. The number of nitrogens with zero attached hydrogens (tertiary/aromatic N) is 2. The Balaban J connectivity index is 2.17. The molecule has 0 fully saturated rings. The Kier molecular flexibility index (Phi) is 5.62. The van der Waals surface area contributed by atoms with Crippen LogP contribution in [-0.4, -0.2) is 35.3 Å². The van der Waals surface area contributed by atoms with Crippen LogP contribution in [0.2, 0.25) is 5.02 Å². The largest absolute Gasteiger partial charge is 0.288 e. The number of hydrazone groups is 1. The van der Waals surface area contributed by atoms with Crippen molar-refractivity contribution in [1.82, 2.24) is 10.5 Å². The molecule has 0 radical (unpaired) electrons. The van der Waals surface area contributed by atoms with Gasteiger partial charge in [0.2, 0.25) is 0 Å². The maximum Gasteiger partial charge on any atom is 0.275 e. The van der Waals surface area contributed by atoms with Crippen LogP contribution in [0.3, 0.4) is 0 Å². The highest BCUT2D eigenvalue weighted by atomic mass is 35.5. The van der Waals surface area contributed by atoms with Crippen molar-refractivity contribution < 1.29 is 19.2 Å². The van der Waals surface area contributed by atoms with Gasteiger partial charge in [0.25, 0.3) is 11.8 Å². The molecule has 0 aliphatic carbocycles. The Bertz CT molecular complexity index is 811. The normalized spacial score (nSPS) is 10.7. The lowest BCUT2D eigenvalue weighted by Gasteiger charge is -2.12. The Labute approximate surface area is 142 Å². The zero-order valence-electron chi connectivity index (χ0n) is 12.5. The fourth-order valence-electron chi connectivity index (χ4n) is 1.85. The number of rotatable bonds is 4. The molecule has 0 heterocycles. The summed E-state index contributed by atoms with van der Waals surface area (Å²) in [4.78, 5) is 23.4. The molecule has 6 nitrogen and oxygen atoms in total. The van der Waals surface area contributed by atoms with E-state index in [4.69, 9.17) is 16.8 Å². The minimum Gasteiger partial charge on any atom is -0.288 e. The van der Waals surface area contributed by atoms with Crippen LogP contribution in [0, 0.1) is 5.82 Å². The van der Waals surface area contributed by atoms with Crippen molar-refractivity contribution in [3.05, 3.63) is 70.0 Å². The van der Waals surface area contributed by atoms with Crippen LogP contribution in [-0.2, 0) is 0 Å². The third-order valence-corrected chi connectivity index (χ3v) is 3.46. The average molecular weight is 350 g/mol. The van der Waals surface area contributed by atoms with E-state index in [-0.39, 0.29) is 21.7 Å². The van der Waals surface area contributed by atoms with Crippen LogP contribution < -0.4 is 5.48 Å². The van der Waals surface area contributed by atoms with Gasteiger partial charge in [-0.3, -0.25) is 14.8 Å². The molecule has 0 aliphatic rings. The number of halogens is 2. The minimum absolute atomic E-state index is 0.0485. The molecule has 0 unspecified atom stereocenters. The molecule has 2 amide bonds. The highest BCUT2D eigenvalue weighted by Gasteiger charge is 2.14. The molecule has 0 bridgehead atoms. The molecule has 2 aromatic rings. The zero-order chi connectivity index (χ0) is 17.7. The smallest absolute Gasteiger partial charge is 0.275 e. The molecule has 8 heteroatoms. The zero-order valence-corrected chi connectivity index (χ0v) is 13.3. The van der Waals surface area contributed by atoms with E-state index in [1.54, 1.807) is 24.3 Å². The Hall–Kier alpha value is -2.77. The SMILES string of the molecule is CN(/N=C/c1ccc(C(=O)NO)cc1F)C(=O)c1ccccc1Cl. The molecule has 0 atom stereocenters. The van der Waals surface area contributed by atoms with Crippen molar-refractivity contribution in [1.29, 1.82) is 0 Å². The molecular weight excluding hydrogens is 337 g/mol. The summed E-state index contributed by atoms with van der Waals surface area (Å²) < 4.78 is 13.9. The highest BCUT2D eigenvalue weighted by molar-refractivity contribution is 6.33. The number of benzene rings is 2. The van der Waals surface area contributed by atoms with E-state index in [0.717, 1.165) is 17.3 Å². The first kappa shape index (κ1) is 17.6. The maximum absolute atomic E-state index is 13.9. The van der Waals surface area contributed by atoms with Gasteiger partial charge in [-0.1, -0.05) is 23.7 Å². The lowest BCUT2D eigenvalue weighted by atomic mass is 10.1. The van der Waals surface area contributed by atoms with Gasteiger partial charge in [0.1, 0.15) is 5.82 Å². The summed E-state index contributed by atoms with van der Waals surface area (Å²) in [6.07, 6.45) is 1.14. The van der Waals surface area contributed by atoms with Gasteiger partial charge in [0, 0.05) is 18.2 Å². The predicted molar refractivity (Wildman–Crippen MR) is 86.8 cm³/mol. The summed E-state index contributed by atoms with van der Waals surface area (Å²) in [7, 11) is 1.41. The van der Waals surface area contributed by atoms with Crippen molar-refractivity contribution in [3.8, 4) is 0 Å². The van der Waals surface area contributed by atoms with Gasteiger partial charge < -0.3 is 0 Å². The summed E-state index contributed by atoms with van der Waals surface area (Å²) in [5.41, 5.74) is 1.71. The van der Waals surface area contributed by atoms with Crippen LogP contribution in [0.5, 0.6) is 0 Å². The standard InChI is InChI=1S/C16H13ClFN3O3/c1-21(16(23)12-4-2-3-5-13(12)17)19-9-11-7-6-10(8-14(11)18)15(22)20-24/h2-9,24H,1H3,(H,20,22)/b19-9+. The Morgan fingerprint density at radius 1 is 1.29 bits per heavy atom. The molecule has 2 rings (SSSR count). The van der Waals surface area contributed by atoms with Crippen molar-refractivity contribution in [2.75, 3.05) is 7.05 Å². The van der Waals surface area contributed by atoms with E-state index in [1.807, 2.05) is 0 Å². The monoisotopic (exact) mass is 349 g/mol. The number of carbonyl (C=O) groups excluding carboxylic acids is 2. The number of carbonyl (C=O) groups is 2. The fourth-order valence-corrected chi connectivity index (χ4v) is 2.06. The number of hydrogen-bond donors (Lipinski definition) is 2. The molecule has 2 aromatic carbocycles. The van der Waals surface area contributed by atoms with Crippen LogP contribution >= 0.6 is 11.6 Å². The van der Waals surface area contributed by atoms with Gasteiger partial charge in [-0.2, -0.15) is 5.10 Å². The van der Waals surface area contributed by atoms with Crippen LogP contribution in [0.25, 0.3) is 0 Å². The Morgan fingerprint density at radius 3 is 2.62 bits per heavy atom. The van der Waals surface area contributed by atoms with Crippen molar-refractivity contribution in [2.24, 2.45) is 5.10 Å². The van der Waals surface area contributed by atoms with Gasteiger partial charge in [0.05, 0.1) is 16.8 Å². The van der Waals surface area contributed by atoms with E-state index in [2.05, 4.69) is 5.10 Å². The fraction of sp³-hybridized carbons (Fsp3) is 0.0625. The van der Waals surface area contributed by atoms with Gasteiger partial charge in [-0.05, 0) is 30.3 Å². The summed E-state index contributed by atoms with van der Waals surface area (Å²) in [6.45, 7) is 0. The van der Waals surface area contributed by atoms with Gasteiger partial charge in [-0.25, -0.2) is 14.9 Å². The van der Waals surface area contributed by atoms with E-state index < -0.39 is 17.6 Å². The molecule has 0 aromatic heterocycles. The molecule has 124 valence electrons. The number of nitrogens with one attached hydrogen (secondary N) is 1. The van der Waals surface area contributed by atoms with E-state index in [9.17, 15) is 14.0 Å². The van der Waals surface area contributed by atoms with Crippen LogP contribution in [0.1, 0.15) is 26.3 Å². The molecule has 0 saturated carbocycles. The van der Waals surface area contributed by atoms with E-state index in [0.29, 0.717) is 0 Å². The summed E-state index contributed by atoms with van der Waals surface area (Å²) in [5, 5.41) is 13.7. The molecular formula is C16H13ClFN3O3. The lowest BCUT2D eigenvalue weighted by Crippen LogP contribution is -2.22. The van der Waals surface area contributed by atoms with Gasteiger partial charge in [0.15, 0.2) is 0 Å². The van der Waals surface area contributed by atoms with Crippen LogP contribution in [0.15, 0.2) is 47.6 Å². The average Bonchev–Trinajstić information content (AvgIpc) is 2.59. The molecule has 2 N–H and O–H groups in total. The molecule has 0 saturated heterocycles. The summed E-state index contributed by atoms with van der Waals surface area (Å²) in [5.74, 6) is -2.00. The minimum atomic E-state index is -0.830. The Morgan fingerprint density at radius 2 is 2.00 bits per heavy atom.